The van der Waals surface area contributed by atoms with Gasteiger partial charge in [-0.3, -0.25) is 4.79 Å². The summed E-state index contributed by atoms with van der Waals surface area (Å²) < 4.78 is 32.8. The normalized spacial score (nSPS) is 17.7. The molecule has 7 heteroatoms. The summed E-state index contributed by atoms with van der Waals surface area (Å²) >= 11 is 0. The average molecular weight is 388 g/mol. The maximum atomic E-state index is 13.1. The van der Waals surface area contributed by atoms with Gasteiger partial charge in [0.1, 0.15) is 6.10 Å². The van der Waals surface area contributed by atoms with Gasteiger partial charge in [-0.2, -0.15) is 0 Å². The van der Waals surface area contributed by atoms with Crippen LogP contribution in [-0.4, -0.2) is 45.5 Å². The maximum Gasteiger partial charge on any atom is 0.254 e. The molecule has 27 heavy (non-hydrogen) atoms. The van der Waals surface area contributed by atoms with E-state index in [0.29, 0.717) is 31.8 Å². The van der Waals surface area contributed by atoms with Gasteiger partial charge in [0.2, 0.25) is 10.0 Å². The van der Waals surface area contributed by atoms with E-state index in [1.807, 2.05) is 37.3 Å². The highest BCUT2D eigenvalue weighted by atomic mass is 32.2. The molecule has 1 amide bonds. The van der Waals surface area contributed by atoms with E-state index in [1.165, 1.54) is 12.1 Å². The minimum absolute atomic E-state index is 0.103. The van der Waals surface area contributed by atoms with Crippen LogP contribution >= 0.6 is 0 Å². The molecular formula is C20H24N2O4S. The van der Waals surface area contributed by atoms with Crippen molar-refractivity contribution in [1.82, 2.24) is 9.62 Å². The van der Waals surface area contributed by atoms with Gasteiger partial charge < -0.3 is 9.64 Å². The first-order valence-electron chi connectivity index (χ1n) is 8.98. The molecule has 1 atom stereocenters. The Morgan fingerprint density at radius 2 is 1.96 bits per heavy atom. The number of carbonyl (C=O) groups is 1. The SMILES string of the molecule is CCNS(=O)(=O)c1ccc(C)c(C(=O)N2CCOC(c3ccccc3)C2)c1. The second-order valence-electron chi connectivity index (χ2n) is 6.50. The summed E-state index contributed by atoms with van der Waals surface area (Å²) in [5, 5.41) is 0. The van der Waals surface area contributed by atoms with Gasteiger partial charge >= 0.3 is 0 Å². The third-order valence-corrected chi connectivity index (χ3v) is 6.15. The molecule has 0 spiro atoms. The van der Waals surface area contributed by atoms with Crippen LogP contribution in [0.25, 0.3) is 0 Å². The van der Waals surface area contributed by atoms with E-state index >= 15 is 0 Å². The lowest BCUT2D eigenvalue weighted by atomic mass is 10.0. The molecular weight excluding hydrogens is 364 g/mol. The first-order valence-corrected chi connectivity index (χ1v) is 10.5. The Morgan fingerprint density at radius 1 is 1.22 bits per heavy atom. The summed E-state index contributed by atoms with van der Waals surface area (Å²) in [6.07, 6.45) is -0.183. The molecule has 0 aromatic heterocycles. The van der Waals surface area contributed by atoms with Crippen LogP contribution < -0.4 is 4.72 Å². The summed E-state index contributed by atoms with van der Waals surface area (Å²) in [6, 6.07) is 14.4. The molecule has 1 saturated heterocycles. The van der Waals surface area contributed by atoms with E-state index < -0.39 is 10.0 Å². The lowest BCUT2D eigenvalue weighted by molar-refractivity contribution is -0.0228. The Hall–Kier alpha value is -2.22. The standard InChI is InChI=1S/C20H24N2O4S/c1-3-21-27(24,25)17-10-9-15(2)18(13-17)20(23)22-11-12-26-19(14-22)16-7-5-4-6-8-16/h4-10,13,19,21H,3,11-12,14H2,1-2H3. The van der Waals surface area contributed by atoms with Crippen LogP contribution in [0.2, 0.25) is 0 Å². The summed E-state index contributed by atoms with van der Waals surface area (Å²) in [5.41, 5.74) is 2.18. The van der Waals surface area contributed by atoms with E-state index in [4.69, 9.17) is 4.74 Å². The Morgan fingerprint density at radius 3 is 2.67 bits per heavy atom. The van der Waals surface area contributed by atoms with Gasteiger partial charge in [0, 0.05) is 18.7 Å². The van der Waals surface area contributed by atoms with Gasteiger partial charge in [-0.1, -0.05) is 43.3 Å². The van der Waals surface area contributed by atoms with Crippen molar-refractivity contribution in [1.29, 1.82) is 0 Å². The Labute approximate surface area is 160 Å². The van der Waals surface area contributed by atoms with Crippen LogP contribution in [-0.2, 0) is 14.8 Å². The van der Waals surface area contributed by atoms with Crippen LogP contribution in [0.1, 0.15) is 34.5 Å². The number of benzene rings is 2. The number of nitrogens with zero attached hydrogens (tertiary/aromatic N) is 1. The minimum Gasteiger partial charge on any atom is -0.370 e. The monoisotopic (exact) mass is 388 g/mol. The minimum atomic E-state index is -3.61. The maximum absolute atomic E-state index is 13.1. The van der Waals surface area contributed by atoms with Crippen molar-refractivity contribution in [3.8, 4) is 0 Å². The van der Waals surface area contributed by atoms with E-state index in [9.17, 15) is 13.2 Å². The molecule has 2 aromatic rings. The molecule has 3 rings (SSSR count). The van der Waals surface area contributed by atoms with Crippen LogP contribution in [0, 0.1) is 6.92 Å². The molecule has 1 aliphatic heterocycles. The van der Waals surface area contributed by atoms with E-state index in [0.717, 1.165) is 11.1 Å². The van der Waals surface area contributed by atoms with Crippen molar-refractivity contribution in [2.75, 3.05) is 26.2 Å². The molecule has 0 radical (unpaired) electrons. The summed E-state index contributed by atoms with van der Waals surface area (Å²) in [6.45, 7) is 5.18. The number of carbonyl (C=O) groups excluding carboxylic acids is 1. The predicted molar refractivity (Wildman–Crippen MR) is 103 cm³/mol. The smallest absolute Gasteiger partial charge is 0.254 e. The van der Waals surface area contributed by atoms with Crippen molar-refractivity contribution in [2.24, 2.45) is 0 Å². The van der Waals surface area contributed by atoms with Gasteiger partial charge in [-0.15, -0.1) is 0 Å². The molecule has 0 bridgehead atoms. The second kappa shape index (κ2) is 8.21. The zero-order valence-electron chi connectivity index (χ0n) is 15.5. The van der Waals surface area contributed by atoms with Crippen LogP contribution in [0.3, 0.4) is 0 Å². The quantitative estimate of drug-likeness (QED) is 0.854. The van der Waals surface area contributed by atoms with Crippen LogP contribution in [0.15, 0.2) is 53.4 Å². The number of amides is 1. The number of sulfonamides is 1. The first-order chi connectivity index (χ1) is 12.9. The predicted octanol–water partition coefficient (Wildman–Crippen LogP) is 2.51. The highest BCUT2D eigenvalue weighted by molar-refractivity contribution is 7.89. The van der Waals surface area contributed by atoms with Crippen molar-refractivity contribution in [3.63, 3.8) is 0 Å². The molecule has 1 fully saturated rings. The van der Waals surface area contributed by atoms with Crippen molar-refractivity contribution in [3.05, 3.63) is 65.2 Å². The molecule has 1 aliphatic rings. The number of morpholine rings is 1. The number of hydrogen-bond donors (Lipinski definition) is 1. The number of ether oxygens (including phenoxy) is 1. The van der Waals surface area contributed by atoms with Gasteiger partial charge in [-0.25, -0.2) is 13.1 Å². The molecule has 1 heterocycles. The van der Waals surface area contributed by atoms with Crippen LogP contribution in [0.4, 0.5) is 0 Å². The van der Waals surface area contributed by atoms with Gasteiger partial charge in [-0.05, 0) is 30.2 Å². The van der Waals surface area contributed by atoms with Crippen LogP contribution in [0.5, 0.6) is 0 Å². The molecule has 1 unspecified atom stereocenters. The molecule has 1 N–H and O–H groups in total. The molecule has 0 aliphatic carbocycles. The molecule has 144 valence electrons. The van der Waals surface area contributed by atoms with Gasteiger partial charge in [0.05, 0.1) is 18.0 Å². The van der Waals surface area contributed by atoms with Gasteiger partial charge in [0.15, 0.2) is 0 Å². The Balaban J connectivity index is 1.85. The average Bonchev–Trinajstić information content (AvgIpc) is 2.68. The lowest BCUT2D eigenvalue weighted by Gasteiger charge is -2.33. The zero-order chi connectivity index (χ0) is 19.4. The van der Waals surface area contributed by atoms with Gasteiger partial charge in [0.25, 0.3) is 5.91 Å². The first kappa shape index (κ1) is 19.5. The number of nitrogens with one attached hydrogen (secondary N) is 1. The third kappa shape index (κ3) is 4.37. The van der Waals surface area contributed by atoms with E-state index in [2.05, 4.69) is 4.72 Å². The number of hydrogen-bond acceptors (Lipinski definition) is 4. The largest absolute Gasteiger partial charge is 0.370 e. The summed E-state index contributed by atoms with van der Waals surface area (Å²) in [7, 11) is -3.61. The van der Waals surface area contributed by atoms with E-state index in [1.54, 1.807) is 17.9 Å². The van der Waals surface area contributed by atoms with E-state index in [-0.39, 0.29) is 16.9 Å². The fourth-order valence-corrected chi connectivity index (χ4v) is 4.21. The topological polar surface area (TPSA) is 75.7 Å². The highest BCUT2D eigenvalue weighted by Gasteiger charge is 2.27. The van der Waals surface area contributed by atoms with Crippen molar-refractivity contribution >= 4 is 15.9 Å². The fraction of sp³-hybridized carbons (Fsp3) is 0.350. The molecule has 0 saturated carbocycles. The molecule has 2 aromatic carbocycles. The Bertz CT molecular complexity index is 913. The van der Waals surface area contributed by atoms with Crippen molar-refractivity contribution in [2.45, 2.75) is 24.8 Å². The fourth-order valence-electron chi connectivity index (χ4n) is 3.15. The highest BCUT2D eigenvalue weighted by Crippen LogP contribution is 2.24. The van der Waals surface area contributed by atoms with Crippen molar-refractivity contribution < 1.29 is 17.9 Å². The second-order valence-corrected chi connectivity index (χ2v) is 8.27. The number of rotatable bonds is 5. The molecule has 6 nitrogen and oxygen atoms in total. The summed E-state index contributed by atoms with van der Waals surface area (Å²) in [4.78, 5) is 14.9. The third-order valence-electron chi connectivity index (χ3n) is 4.61. The summed E-state index contributed by atoms with van der Waals surface area (Å²) in [5.74, 6) is -0.176. The zero-order valence-corrected chi connectivity index (χ0v) is 16.3. The number of aryl methyl sites for hydroxylation is 1. The Kier molecular flexibility index (Phi) is 5.94. The lowest BCUT2D eigenvalue weighted by Crippen LogP contribution is -2.42.